The second-order valence-electron chi connectivity index (χ2n) is 4.31. The first-order valence-corrected chi connectivity index (χ1v) is 6.27. The summed E-state index contributed by atoms with van der Waals surface area (Å²) in [4.78, 5) is 14.6. The molecule has 0 fully saturated rings. The fourth-order valence-electron chi connectivity index (χ4n) is 1.74. The van der Waals surface area contributed by atoms with Crippen LogP contribution in [0.15, 0.2) is 29.3 Å². The minimum atomic E-state index is -0.388. The average molecular weight is 408 g/mol. The van der Waals surface area contributed by atoms with Gasteiger partial charge in [0.05, 0.1) is 11.5 Å². The molecule has 0 spiro atoms. The summed E-state index contributed by atoms with van der Waals surface area (Å²) in [6, 6.07) is 6.72. The maximum Gasteiger partial charge on any atom is 0.274 e. The van der Waals surface area contributed by atoms with Crippen LogP contribution in [0.5, 0.6) is 0 Å². The molecule has 0 aliphatic rings. The summed E-state index contributed by atoms with van der Waals surface area (Å²) in [6.45, 7) is 2.84. The third-order valence-corrected chi connectivity index (χ3v) is 2.66. The number of ether oxygens (including phenoxy) is 1. The standard InChI is InChI=1S/C13H20N4O3.HI/c1-10(9-20-3)16-13(14-2)15-8-11-6-4-5-7-12(11)17(18)19;/h4-7,10H,8-9H2,1-3H3,(H2,14,15,16);1H. The molecular weight excluding hydrogens is 387 g/mol. The van der Waals surface area contributed by atoms with Crippen molar-refractivity contribution >= 4 is 35.6 Å². The van der Waals surface area contributed by atoms with E-state index in [0.717, 1.165) is 0 Å². The van der Waals surface area contributed by atoms with Gasteiger partial charge >= 0.3 is 0 Å². The highest BCUT2D eigenvalue weighted by Gasteiger charge is 2.12. The van der Waals surface area contributed by atoms with Crippen molar-refractivity contribution in [3.8, 4) is 0 Å². The molecule has 1 aromatic rings. The van der Waals surface area contributed by atoms with Crippen LogP contribution >= 0.6 is 24.0 Å². The van der Waals surface area contributed by atoms with Gasteiger partial charge in [0.1, 0.15) is 0 Å². The molecule has 0 bridgehead atoms. The number of hydrogen-bond donors (Lipinski definition) is 2. The molecule has 0 radical (unpaired) electrons. The number of nitro groups is 1. The summed E-state index contributed by atoms with van der Waals surface area (Å²) in [6.07, 6.45) is 0. The van der Waals surface area contributed by atoms with E-state index in [-0.39, 0.29) is 40.6 Å². The molecule has 0 aliphatic carbocycles. The van der Waals surface area contributed by atoms with E-state index in [4.69, 9.17) is 4.74 Å². The predicted octanol–water partition coefficient (Wildman–Crippen LogP) is 1.91. The van der Waals surface area contributed by atoms with Gasteiger partial charge in [-0.1, -0.05) is 18.2 Å². The molecule has 1 rings (SSSR count). The zero-order valence-corrected chi connectivity index (χ0v) is 14.7. The highest BCUT2D eigenvalue weighted by molar-refractivity contribution is 14.0. The molecular formula is C13H21IN4O3. The second kappa shape index (κ2) is 10.3. The zero-order valence-electron chi connectivity index (χ0n) is 12.3. The number of nitro benzene ring substituents is 1. The van der Waals surface area contributed by atoms with Crippen molar-refractivity contribution in [1.82, 2.24) is 10.6 Å². The van der Waals surface area contributed by atoms with Gasteiger partial charge in [0.15, 0.2) is 5.96 Å². The number of nitrogens with one attached hydrogen (secondary N) is 2. The van der Waals surface area contributed by atoms with Gasteiger partial charge in [-0.2, -0.15) is 0 Å². The van der Waals surface area contributed by atoms with Crippen LogP contribution in [0.4, 0.5) is 5.69 Å². The van der Waals surface area contributed by atoms with Gasteiger partial charge in [-0.25, -0.2) is 0 Å². The van der Waals surface area contributed by atoms with E-state index in [1.165, 1.54) is 6.07 Å². The van der Waals surface area contributed by atoms with E-state index in [2.05, 4.69) is 15.6 Å². The van der Waals surface area contributed by atoms with E-state index in [1.807, 2.05) is 6.92 Å². The molecule has 0 heterocycles. The number of rotatable bonds is 6. The van der Waals surface area contributed by atoms with Gasteiger partial charge in [-0.05, 0) is 6.92 Å². The second-order valence-corrected chi connectivity index (χ2v) is 4.31. The molecule has 0 saturated heterocycles. The normalized spacial score (nSPS) is 12.2. The number of benzene rings is 1. The topological polar surface area (TPSA) is 88.8 Å². The van der Waals surface area contributed by atoms with Crippen LogP contribution in [0.3, 0.4) is 0 Å². The zero-order chi connectivity index (χ0) is 15.0. The smallest absolute Gasteiger partial charge is 0.274 e. The third-order valence-electron chi connectivity index (χ3n) is 2.66. The van der Waals surface area contributed by atoms with Gasteiger partial charge in [0, 0.05) is 38.4 Å². The lowest BCUT2D eigenvalue weighted by Gasteiger charge is -2.17. The molecule has 0 saturated carbocycles. The first-order chi connectivity index (χ1) is 9.58. The Kier molecular flexibility index (Phi) is 9.63. The Hall–Kier alpha value is -1.42. The Bertz CT molecular complexity index is 482. The highest BCUT2D eigenvalue weighted by Crippen LogP contribution is 2.16. The van der Waals surface area contributed by atoms with Crippen molar-refractivity contribution in [3.05, 3.63) is 39.9 Å². The third kappa shape index (κ3) is 6.71. The van der Waals surface area contributed by atoms with Crippen LogP contribution in [0.25, 0.3) is 0 Å². The number of aliphatic imine (C=N–C) groups is 1. The quantitative estimate of drug-likeness (QED) is 0.247. The van der Waals surface area contributed by atoms with Crippen LogP contribution < -0.4 is 10.6 Å². The Morgan fingerprint density at radius 2 is 2.14 bits per heavy atom. The molecule has 2 N–H and O–H groups in total. The van der Waals surface area contributed by atoms with E-state index in [0.29, 0.717) is 24.7 Å². The van der Waals surface area contributed by atoms with E-state index in [1.54, 1.807) is 32.4 Å². The average Bonchev–Trinajstić information content (AvgIpc) is 2.43. The van der Waals surface area contributed by atoms with Crippen LogP contribution in [0.1, 0.15) is 12.5 Å². The molecule has 1 unspecified atom stereocenters. The van der Waals surface area contributed by atoms with Crippen molar-refractivity contribution in [3.63, 3.8) is 0 Å². The summed E-state index contributed by atoms with van der Waals surface area (Å²) < 4.78 is 5.03. The summed E-state index contributed by atoms with van der Waals surface area (Å²) in [7, 11) is 3.27. The van der Waals surface area contributed by atoms with Gasteiger partial charge in [0.2, 0.25) is 0 Å². The van der Waals surface area contributed by atoms with Crippen LogP contribution in [0, 0.1) is 10.1 Å². The number of para-hydroxylation sites is 1. The lowest BCUT2D eigenvalue weighted by Crippen LogP contribution is -2.43. The van der Waals surface area contributed by atoms with E-state index < -0.39 is 0 Å². The largest absolute Gasteiger partial charge is 0.383 e. The highest BCUT2D eigenvalue weighted by atomic mass is 127. The van der Waals surface area contributed by atoms with Crippen molar-refractivity contribution in [2.75, 3.05) is 20.8 Å². The molecule has 0 amide bonds. The molecule has 8 heteroatoms. The Morgan fingerprint density at radius 3 is 2.71 bits per heavy atom. The molecule has 7 nitrogen and oxygen atoms in total. The lowest BCUT2D eigenvalue weighted by molar-refractivity contribution is -0.385. The van der Waals surface area contributed by atoms with Crippen molar-refractivity contribution < 1.29 is 9.66 Å². The Morgan fingerprint density at radius 1 is 1.48 bits per heavy atom. The molecule has 0 aromatic heterocycles. The minimum absolute atomic E-state index is 0. The number of hydrogen-bond acceptors (Lipinski definition) is 4. The SMILES string of the molecule is CN=C(NCc1ccccc1[N+](=O)[O-])NC(C)COC.I. The lowest BCUT2D eigenvalue weighted by atomic mass is 10.2. The summed E-state index contributed by atoms with van der Waals surface area (Å²) >= 11 is 0. The molecule has 1 aromatic carbocycles. The Labute approximate surface area is 141 Å². The van der Waals surface area contributed by atoms with Crippen LogP contribution in [0.2, 0.25) is 0 Å². The number of nitrogens with zero attached hydrogens (tertiary/aromatic N) is 2. The number of halogens is 1. The maximum absolute atomic E-state index is 10.9. The summed E-state index contributed by atoms with van der Waals surface area (Å²) in [5, 5.41) is 17.1. The van der Waals surface area contributed by atoms with Gasteiger partial charge in [0.25, 0.3) is 5.69 Å². The van der Waals surface area contributed by atoms with Crippen molar-refractivity contribution in [2.24, 2.45) is 4.99 Å². The number of guanidine groups is 1. The van der Waals surface area contributed by atoms with Gasteiger partial charge in [-0.3, -0.25) is 15.1 Å². The minimum Gasteiger partial charge on any atom is -0.383 e. The fourth-order valence-corrected chi connectivity index (χ4v) is 1.74. The monoisotopic (exact) mass is 408 g/mol. The van der Waals surface area contributed by atoms with Crippen molar-refractivity contribution in [2.45, 2.75) is 19.5 Å². The van der Waals surface area contributed by atoms with Gasteiger partial charge in [-0.15, -0.1) is 24.0 Å². The van der Waals surface area contributed by atoms with Gasteiger partial charge < -0.3 is 15.4 Å². The van der Waals surface area contributed by atoms with E-state index >= 15 is 0 Å². The predicted molar refractivity (Wildman–Crippen MR) is 93.2 cm³/mol. The van der Waals surface area contributed by atoms with Crippen molar-refractivity contribution in [1.29, 1.82) is 0 Å². The molecule has 118 valence electrons. The number of methoxy groups -OCH3 is 1. The molecule has 0 aliphatic heterocycles. The molecule has 1 atom stereocenters. The summed E-state index contributed by atoms with van der Waals surface area (Å²) in [5.74, 6) is 0.577. The maximum atomic E-state index is 10.9. The summed E-state index contributed by atoms with van der Waals surface area (Å²) in [5.41, 5.74) is 0.709. The Balaban J connectivity index is 0.00000400. The molecule has 21 heavy (non-hydrogen) atoms. The van der Waals surface area contributed by atoms with Crippen LogP contribution in [-0.2, 0) is 11.3 Å². The van der Waals surface area contributed by atoms with Crippen LogP contribution in [-0.4, -0.2) is 37.7 Å². The fraction of sp³-hybridized carbons (Fsp3) is 0.462. The first-order valence-electron chi connectivity index (χ1n) is 6.27. The van der Waals surface area contributed by atoms with E-state index in [9.17, 15) is 10.1 Å². The first kappa shape index (κ1) is 19.6.